The van der Waals surface area contributed by atoms with Crippen LogP contribution in [0.15, 0.2) is 64.6 Å². The summed E-state index contributed by atoms with van der Waals surface area (Å²) in [7, 11) is 0. The third-order valence-corrected chi connectivity index (χ3v) is 6.24. The van der Waals surface area contributed by atoms with E-state index in [1.54, 1.807) is 18.2 Å². The van der Waals surface area contributed by atoms with Gasteiger partial charge in [0.1, 0.15) is 0 Å². The molecular weight excluding hydrogens is 450 g/mol. The quantitative estimate of drug-likeness (QED) is 0.268. The number of carbonyl (C=O) groups is 1. The molecule has 0 spiro atoms. The number of hydrogen-bond donors (Lipinski definition) is 2. The average Bonchev–Trinajstić information content (AvgIpc) is 3.19. The maximum Gasteiger partial charge on any atom is 0.297 e. The van der Waals surface area contributed by atoms with Crippen LogP contribution in [-0.4, -0.2) is 26.4 Å². The topological polar surface area (TPSA) is 59.8 Å². The van der Waals surface area contributed by atoms with E-state index in [-0.39, 0.29) is 16.8 Å². The van der Waals surface area contributed by atoms with Crippen LogP contribution in [0, 0.1) is 13.8 Å². The van der Waals surface area contributed by atoms with E-state index in [9.17, 15) is 13.6 Å². The van der Waals surface area contributed by atoms with E-state index in [1.165, 1.54) is 4.57 Å². The van der Waals surface area contributed by atoms with Gasteiger partial charge in [-0.15, -0.1) is 22.8 Å². The molecule has 4 aromatic rings. The first-order chi connectivity index (χ1) is 15.3. The lowest BCUT2D eigenvalue weighted by Crippen LogP contribution is -2.15. The van der Waals surface area contributed by atoms with E-state index in [0.717, 1.165) is 38.6 Å². The highest BCUT2D eigenvalue weighted by atomic mass is 32.2. The zero-order valence-electron chi connectivity index (χ0n) is 17.3. The molecule has 4 rings (SSSR count). The molecule has 1 aromatic heterocycles. The molecule has 1 heterocycles. The van der Waals surface area contributed by atoms with Crippen LogP contribution in [-0.2, 0) is 4.79 Å². The number of alkyl halides is 2. The van der Waals surface area contributed by atoms with E-state index in [1.807, 2.05) is 50.2 Å². The highest BCUT2D eigenvalue weighted by Crippen LogP contribution is 2.32. The predicted octanol–water partition coefficient (Wildman–Crippen LogP) is 5.99. The normalized spacial score (nSPS) is 11.3. The molecule has 0 bridgehead atoms. The maximum atomic E-state index is 13.8. The number of fused-ring (bicyclic) bond motifs is 1. The molecule has 164 valence electrons. The largest absolute Gasteiger partial charge is 0.325 e. The Kier molecular flexibility index (Phi) is 6.48. The van der Waals surface area contributed by atoms with Crippen LogP contribution >= 0.6 is 24.4 Å². The third kappa shape index (κ3) is 4.49. The van der Waals surface area contributed by atoms with Crippen LogP contribution in [0.5, 0.6) is 0 Å². The van der Waals surface area contributed by atoms with Crippen molar-refractivity contribution in [1.29, 1.82) is 0 Å². The molecule has 5 nitrogen and oxygen atoms in total. The van der Waals surface area contributed by atoms with Crippen LogP contribution in [0.1, 0.15) is 23.4 Å². The lowest BCUT2D eigenvalue weighted by Gasteiger charge is -2.14. The first-order valence-corrected chi connectivity index (χ1v) is 11.2. The van der Waals surface area contributed by atoms with Crippen LogP contribution in [0.3, 0.4) is 0 Å². The van der Waals surface area contributed by atoms with Crippen molar-refractivity contribution < 1.29 is 13.6 Å². The van der Waals surface area contributed by atoms with Crippen molar-refractivity contribution in [2.24, 2.45) is 0 Å². The molecule has 1 N–H and O–H groups in total. The van der Waals surface area contributed by atoms with Crippen molar-refractivity contribution in [3.05, 3.63) is 71.5 Å². The maximum absolute atomic E-state index is 13.8. The van der Waals surface area contributed by atoms with Crippen molar-refractivity contribution >= 4 is 46.8 Å². The molecule has 3 aromatic carbocycles. The van der Waals surface area contributed by atoms with Crippen LogP contribution in [0.2, 0.25) is 0 Å². The number of halogens is 2. The van der Waals surface area contributed by atoms with Crippen LogP contribution in [0.25, 0.3) is 16.5 Å². The monoisotopic (exact) mass is 470 g/mol. The van der Waals surface area contributed by atoms with E-state index in [2.05, 4.69) is 28.1 Å². The van der Waals surface area contributed by atoms with Crippen LogP contribution in [0.4, 0.5) is 14.5 Å². The lowest BCUT2D eigenvalue weighted by atomic mass is 10.0. The summed E-state index contributed by atoms with van der Waals surface area (Å²) in [5.74, 6) is -0.734. The van der Waals surface area contributed by atoms with E-state index in [4.69, 9.17) is 0 Å². The number of benzene rings is 3. The summed E-state index contributed by atoms with van der Waals surface area (Å²) in [6, 6.07) is 16.6. The molecule has 0 aliphatic rings. The fourth-order valence-corrected chi connectivity index (χ4v) is 4.50. The highest BCUT2D eigenvalue weighted by molar-refractivity contribution is 7.99. The predicted molar refractivity (Wildman–Crippen MR) is 126 cm³/mol. The first kappa shape index (κ1) is 22.3. The van der Waals surface area contributed by atoms with E-state index >= 15 is 0 Å². The summed E-state index contributed by atoms with van der Waals surface area (Å²) in [5, 5.41) is 12.5. The van der Waals surface area contributed by atoms with E-state index in [0.29, 0.717) is 11.4 Å². The van der Waals surface area contributed by atoms with Gasteiger partial charge in [0.2, 0.25) is 11.7 Å². The van der Waals surface area contributed by atoms with Gasteiger partial charge in [-0.3, -0.25) is 9.36 Å². The Morgan fingerprint density at radius 3 is 2.53 bits per heavy atom. The zero-order chi connectivity index (χ0) is 22.8. The number of rotatable bonds is 6. The fourth-order valence-electron chi connectivity index (χ4n) is 3.48. The number of nitrogens with zero attached hydrogens (tertiary/aromatic N) is 3. The summed E-state index contributed by atoms with van der Waals surface area (Å²) in [4.78, 5) is 13.3. The van der Waals surface area contributed by atoms with Crippen LogP contribution < -0.4 is 5.32 Å². The highest BCUT2D eigenvalue weighted by Gasteiger charge is 2.23. The molecule has 0 atom stereocenters. The minimum atomic E-state index is -2.81. The number of hydrogen-bond acceptors (Lipinski definition) is 5. The van der Waals surface area contributed by atoms with E-state index < -0.39 is 12.2 Å². The van der Waals surface area contributed by atoms with Gasteiger partial charge in [0.15, 0.2) is 5.16 Å². The van der Waals surface area contributed by atoms with Crippen molar-refractivity contribution in [3.8, 4) is 5.69 Å². The number of anilines is 1. The third-order valence-electron chi connectivity index (χ3n) is 5.03. The minimum absolute atomic E-state index is 0.00671. The zero-order valence-corrected chi connectivity index (χ0v) is 19.1. The second kappa shape index (κ2) is 9.30. The minimum Gasteiger partial charge on any atom is -0.325 e. The Labute approximate surface area is 193 Å². The summed E-state index contributed by atoms with van der Waals surface area (Å²) < 4.78 is 28.8. The molecule has 0 aliphatic carbocycles. The summed E-state index contributed by atoms with van der Waals surface area (Å²) >= 11 is 5.34. The Morgan fingerprint density at radius 1 is 1.06 bits per heavy atom. The standard InChI is InChI=1S/C23H20F2N4OS2/c1-13-7-10-19(17-6-4-3-5-16(13)17)29-22(21(24)25)27-28-23(29)32-12-20(30)26-18-9-8-15(31)11-14(18)2/h3-11,21,31H,12H2,1-2H3,(H,26,30). The number of nitrogens with one attached hydrogen (secondary N) is 1. The Hall–Kier alpha value is -2.91. The van der Waals surface area contributed by atoms with Gasteiger partial charge in [0.05, 0.1) is 11.4 Å². The van der Waals surface area contributed by atoms with Gasteiger partial charge in [-0.05, 0) is 54.6 Å². The molecule has 0 fully saturated rings. The van der Waals surface area contributed by atoms with Gasteiger partial charge < -0.3 is 5.32 Å². The molecule has 1 amide bonds. The van der Waals surface area contributed by atoms with Gasteiger partial charge in [-0.1, -0.05) is 42.1 Å². The molecule has 0 saturated carbocycles. The van der Waals surface area contributed by atoms with Crippen molar-refractivity contribution in [2.45, 2.75) is 30.3 Å². The number of thiol groups is 1. The number of carbonyl (C=O) groups excluding carboxylic acids is 1. The first-order valence-electron chi connectivity index (χ1n) is 9.79. The molecule has 0 aliphatic heterocycles. The molecule has 9 heteroatoms. The molecule has 0 radical (unpaired) electrons. The van der Waals surface area contributed by atoms with Crippen molar-refractivity contribution in [3.63, 3.8) is 0 Å². The number of thioether (sulfide) groups is 1. The van der Waals surface area contributed by atoms with Gasteiger partial charge in [-0.2, -0.15) is 0 Å². The molecule has 0 unspecified atom stereocenters. The molecular formula is C23H20F2N4OS2. The average molecular weight is 471 g/mol. The van der Waals surface area contributed by atoms with Crippen molar-refractivity contribution in [2.75, 3.05) is 11.1 Å². The molecule has 32 heavy (non-hydrogen) atoms. The summed E-state index contributed by atoms with van der Waals surface area (Å²) in [6.45, 7) is 3.84. The Bertz CT molecular complexity index is 1310. The SMILES string of the molecule is Cc1cc(S)ccc1NC(=O)CSc1nnc(C(F)F)n1-c1ccc(C)c2ccccc12. The Morgan fingerprint density at radius 2 is 1.81 bits per heavy atom. The van der Waals surface area contributed by atoms with Gasteiger partial charge >= 0.3 is 0 Å². The Balaban J connectivity index is 1.64. The smallest absolute Gasteiger partial charge is 0.297 e. The summed E-state index contributed by atoms with van der Waals surface area (Å²) in [6.07, 6.45) is -2.81. The van der Waals surface area contributed by atoms with Crippen molar-refractivity contribution in [1.82, 2.24) is 14.8 Å². The fraction of sp³-hybridized carbons (Fsp3) is 0.174. The van der Waals surface area contributed by atoms with Gasteiger partial charge in [-0.25, -0.2) is 8.78 Å². The number of aromatic nitrogens is 3. The second-order valence-electron chi connectivity index (χ2n) is 7.26. The molecule has 0 saturated heterocycles. The summed E-state index contributed by atoms with van der Waals surface area (Å²) in [5.41, 5.74) is 3.14. The number of aryl methyl sites for hydroxylation is 2. The van der Waals surface area contributed by atoms with Gasteiger partial charge in [0.25, 0.3) is 6.43 Å². The second-order valence-corrected chi connectivity index (χ2v) is 8.72. The number of amides is 1. The van der Waals surface area contributed by atoms with Gasteiger partial charge in [0, 0.05) is 16.0 Å². The lowest BCUT2D eigenvalue weighted by molar-refractivity contribution is -0.113.